The van der Waals surface area contributed by atoms with Gasteiger partial charge in [-0.3, -0.25) is 4.79 Å². The molecule has 0 N–H and O–H groups in total. The van der Waals surface area contributed by atoms with Crippen molar-refractivity contribution in [3.05, 3.63) is 82.2 Å². The minimum absolute atomic E-state index is 0.0346. The predicted octanol–water partition coefficient (Wildman–Crippen LogP) is 4.18. The van der Waals surface area contributed by atoms with Crippen LogP contribution < -0.4 is 10.5 Å². The topological polar surface area (TPSA) is 30.2 Å². The monoisotopic (exact) mass is 357 g/mol. The van der Waals surface area contributed by atoms with Crippen molar-refractivity contribution in [2.75, 3.05) is 4.90 Å². The predicted molar refractivity (Wildman–Crippen MR) is 110 cm³/mol. The molecule has 0 saturated heterocycles. The number of rotatable bonds is 2. The smallest absolute Gasteiger partial charge is 0.260 e. The summed E-state index contributed by atoms with van der Waals surface area (Å²) < 4.78 is 4.01. The van der Waals surface area contributed by atoms with E-state index in [4.69, 9.17) is 0 Å². The number of pyridine rings is 1. The van der Waals surface area contributed by atoms with Crippen LogP contribution in [0.15, 0.2) is 59.7 Å². The Labute approximate surface area is 159 Å². The fraction of sp³-hybridized carbons (Fsp3) is 0.261. The summed E-state index contributed by atoms with van der Waals surface area (Å²) in [6, 6.07) is 14.4. The fourth-order valence-electron chi connectivity index (χ4n) is 4.37. The van der Waals surface area contributed by atoms with E-state index in [0.29, 0.717) is 0 Å². The third-order valence-electron chi connectivity index (χ3n) is 5.77. The highest BCUT2D eigenvalue weighted by molar-refractivity contribution is 5.79. The number of fused-ring (bicyclic) bond motifs is 3. The summed E-state index contributed by atoms with van der Waals surface area (Å²) in [6.07, 6.45) is 11.1. The molecule has 3 heterocycles. The zero-order valence-corrected chi connectivity index (χ0v) is 15.6. The van der Waals surface area contributed by atoms with E-state index in [9.17, 15) is 4.79 Å². The summed E-state index contributed by atoms with van der Waals surface area (Å²) in [5.41, 5.74) is 6.99. The van der Waals surface area contributed by atoms with Crippen LogP contribution in [0.2, 0.25) is 0 Å². The molecule has 0 saturated carbocycles. The Kier molecular flexibility index (Phi) is 3.78. The number of anilines is 1. The van der Waals surface area contributed by atoms with Gasteiger partial charge in [0.05, 0.1) is 17.8 Å². The highest BCUT2D eigenvalue weighted by Crippen LogP contribution is 2.33. The summed E-state index contributed by atoms with van der Waals surface area (Å²) in [6.45, 7) is 0.788. The van der Waals surface area contributed by atoms with Gasteiger partial charge in [-0.25, -0.2) is 0 Å². The maximum absolute atomic E-state index is 12.9. The molecule has 4 heteroatoms. The Morgan fingerprint density at radius 2 is 1.78 bits per heavy atom. The normalized spacial score (nSPS) is 15.5. The standard InChI is InChI=1S/C23H23N3O/c1-24-12-11-21(22(23(24)27)17-7-3-2-4-8-17)25-13-14-26-19(16-25)15-18-9-5-6-10-20(18)26/h2-4,7-8,11-15H,5-6,9-10,16H2,1H3. The van der Waals surface area contributed by atoms with Gasteiger partial charge in [-0.1, -0.05) is 30.3 Å². The van der Waals surface area contributed by atoms with Crippen molar-refractivity contribution in [2.45, 2.75) is 32.2 Å². The third kappa shape index (κ3) is 2.64. The number of aryl methyl sites for hydroxylation is 2. The van der Waals surface area contributed by atoms with Crippen molar-refractivity contribution >= 4 is 11.9 Å². The Morgan fingerprint density at radius 3 is 2.63 bits per heavy atom. The first-order valence-corrected chi connectivity index (χ1v) is 9.64. The van der Waals surface area contributed by atoms with Gasteiger partial charge >= 0.3 is 0 Å². The van der Waals surface area contributed by atoms with Crippen LogP contribution >= 0.6 is 0 Å². The second-order valence-corrected chi connectivity index (χ2v) is 7.47. The van der Waals surface area contributed by atoms with E-state index in [1.54, 1.807) is 4.57 Å². The van der Waals surface area contributed by atoms with Gasteiger partial charge in [0.15, 0.2) is 0 Å². The summed E-state index contributed by atoms with van der Waals surface area (Å²) >= 11 is 0. The molecule has 3 aromatic rings. The maximum Gasteiger partial charge on any atom is 0.260 e. The lowest BCUT2D eigenvalue weighted by Crippen LogP contribution is -2.26. The Balaban J connectivity index is 1.60. The molecule has 0 spiro atoms. The lowest BCUT2D eigenvalue weighted by Gasteiger charge is -2.28. The van der Waals surface area contributed by atoms with Crippen molar-refractivity contribution in [1.29, 1.82) is 0 Å². The van der Waals surface area contributed by atoms with Crippen LogP contribution in [0.3, 0.4) is 0 Å². The zero-order valence-electron chi connectivity index (χ0n) is 15.6. The average molecular weight is 357 g/mol. The quantitative estimate of drug-likeness (QED) is 0.689. The molecule has 2 aromatic heterocycles. The van der Waals surface area contributed by atoms with Crippen LogP contribution in [0.25, 0.3) is 17.3 Å². The van der Waals surface area contributed by atoms with Gasteiger partial charge in [-0.05, 0) is 48.9 Å². The molecule has 0 atom stereocenters. The number of benzene rings is 1. The van der Waals surface area contributed by atoms with E-state index >= 15 is 0 Å². The van der Waals surface area contributed by atoms with E-state index in [0.717, 1.165) is 23.4 Å². The van der Waals surface area contributed by atoms with Gasteiger partial charge in [0.2, 0.25) is 0 Å². The molecule has 27 heavy (non-hydrogen) atoms. The molecule has 0 unspecified atom stereocenters. The van der Waals surface area contributed by atoms with E-state index < -0.39 is 0 Å². The summed E-state index contributed by atoms with van der Waals surface area (Å²) in [5, 5.41) is 0. The van der Waals surface area contributed by atoms with Crippen LogP contribution in [0.4, 0.5) is 5.69 Å². The van der Waals surface area contributed by atoms with Gasteiger partial charge in [-0.2, -0.15) is 0 Å². The van der Waals surface area contributed by atoms with Crippen LogP contribution in [0.5, 0.6) is 0 Å². The van der Waals surface area contributed by atoms with Gasteiger partial charge in [0.25, 0.3) is 5.56 Å². The van der Waals surface area contributed by atoms with E-state index in [-0.39, 0.29) is 5.56 Å². The first-order valence-electron chi connectivity index (χ1n) is 9.64. The largest absolute Gasteiger partial charge is 0.340 e. The molecule has 2 aliphatic rings. The number of hydrogen-bond acceptors (Lipinski definition) is 2. The second kappa shape index (κ2) is 6.31. The third-order valence-corrected chi connectivity index (χ3v) is 5.77. The van der Waals surface area contributed by atoms with Crippen LogP contribution in [0, 0.1) is 0 Å². The lowest BCUT2D eigenvalue weighted by molar-refractivity contribution is 0.662. The summed E-state index contributed by atoms with van der Waals surface area (Å²) in [7, 11) is 1.81. The Bertz CT molecular complexity index is 1090. The molecule has 0 fully saturated rings. The number of nitrogens with zero attached hydrogens (tertiary/aromatic N) is 3. The molecule has 5 rings (SSSR count). The fourth-order valence-corrected chi connectivity index (χ4v) is 4.37. The van der Waals surface area contributed by atoms with Gasteiger partial charge in [0, 0.05) is 37.0 Å². The van der Waals surface area contributed by atoms with Crippen molar-refractivity contribution in [3.63, 3.8) is 0 Å². The van der Waals surface area contributed by atoms with E-state index in [1.807, 2.05) is 49.6 Å². The molecule has 0 radical (unpaired) electrons. The SMILES string of the molecule is Cn1ccc(N2C=Cn3c(cc4c3CCCC4)C2)c(-c2ccccc2)c1=O. The van der Waals surface area contributed by atoms with Crippen LogP contribution in [-0.4, -0.2) is 9.13 Å². The summed E-state index contributed by atoms with van der Waals surface area (Å²) in [4.78, 5) is 15.1. The molecule has 1 aliphatic heterocycles. The van der Waals surface area contributed by atoms with E-state index in [2.05, 4.69) is 27.9 Å². The molecule has 0 amide bonds. The minimum atomic E-state index is 0.0346. The minimum Gasteiger partial charge on any atom is -0.340 e. The van der Waals surface area contributed by atoms with Crippen molar-refractivity contribution < 1.29 is 0 Å². The van der Waals surface area contributed by atoms with Gasteiger partial charge in [0.1, 0.15) is 0 Å². The highest BCUT2D eigenvalue weighted by Gasteiger charge is 2.23. The molecular weight excluding hydrogens is 334 g/mol. The van der Waals surface area contributed by atoms with E-state index in [1.165, 1.54) is 42.6 Å². The average Bonchev–Trinajstić information content (AvgIpc) is 3.08. The molecular formula is C23H23N3O. The zero-order chi connectivity index (χ0) is 18.4. The van der Waals surface area contributed by atoms with Crippen molar-refractivity contribution in [3.8, 4) is 11.1 Å². The number of hydrogen-bond donors (Lipinski definition) is 0. The van der Waals surface area contributed by atoms with Crippen LogP contribution in [0.1, 0.15) is 29.8 Å². The Morgan fingerprint density at radius 1 is 0.963 bits per heavy atom. The van der Waals surface area contributed by atoms with Crippen LogP contribution in [-0.2, 0) is 26.4 Å². The molecule has 1 aliphatic carbocycles. The molecule has 0 bridgehead atoms. The van der Waals surface area contributed by atoms with Gasteiger partial charge < -0.3 is 14.0 Å². The molecule has 4 nitrogen and oxygen atoms in total. The lowest BCUT2D eigenvalue weighted by atomic mass is 9.98. The molecule has 1 aromatic carbocycles. The Hall–Kier alpha value is -3.01. The second-order valence-electron chi connectivity index (χ2n) is 7.47. The summed E-state index contributed by atoms with van der Waals surface area (Å²) in [5.74, 6) is 0. The first kappa shape index (κ1) is 16.2. The van der Waals surface area contributed by atoms with Crippen molar-refractivity contribution in [1.82, 2.24) is 9.13 Å². The number of aromatic nitrogens is 2. The van der Waals surface area contributed by atoms with Crippen molar-refractivity contribution in [2.24, 2.45) is 7.05 Å². The molecule has 136 valence electrons. The first-order chi connectivity index (χ1) is 13.2. The highest BCUT2D eigenvalue weighted by atomic mass is 16.1. The maximum atomic E-state index is 12.9. The van der Waals surface area contributed by atoms with Gasteiger partial charge in [-0.15, -0.1) is 0 Å².